The van der Waals surface area contributed by atoms with E-state index in [1.54, 1.807) is 6.20 Å². The van der Waals surface area contributed by atoms with E-state index >= 15 is 0 Å². The predicted octanol–water partition coefficient (Wildman–Crippen LogP) is 1.53. The van der Waals surface area contributed by atoms with Gasteiger partial charge in [-0.05, 0) is 24.2 Å². The molecule has 0 saturated carbocycles. The van der Waals surface area contributed by atoms with Gasteiger partial charge in [0, 0.05) is 31.9 Å². The second-order valence-electron chi connectivity index (χ2n) is 3.86. The summed E-state index contributed by atoms with van der Waals surface area (Å²) >= 11 is 5.86. The van der Waals surface area contributed by atoms with Gasteiger partial charge in [0.15, 0.2) is 0 Å². The van der Waals surface area contributed by atoms with Crippen LogP contribution in [0.5, 0.6) is 0 Å². The monoisotopic (exact) mass is 225 g/mol. The van der Waals surface area contributed by atoms with E-state index in [9.17, 15) is 0 Å². The van der Waals surface area contributed by atoms with Crippen LogP contribution in [-0.2, 0) is 6.54 Å². The molecular formula is C11H16ClN3. The molecule has 1 N–H and O–H groups in total. The van der Waals surface area contributed by atoms with Gasteiger partial charge in [0.25, 0.3) is 0 Å². The average molecular weight is 226 g/mol. The number of aromatic nitrogens is 1. The van der Waals surface area contributed by atoms with Crippen LogP contribution < -0.4 is 5.32 Å². The zero-order valence-corrected chi connectivity index (χ0v) is 9.67. The van der Waals surface area contributed by atoms with Gasteiger partial charge in [-0.2, -0.15) is 0 Å². The van der Waals surface area contributed by atoms with Crippen molar-refractivity contribution in [1.82, 2.24) is 15.2 Å². The van der Waals surface area contributed by atoms with Crippen LogP contribution in [0.4, 0.5) is 0 Å². The molecule has 0 spiro atoms. The molecular weight excluding hydrogens is 210 g/mol. The molecule has 4 heteroatoms. The van der Waals surface area contributed by atoms with E-state index in [4.69, 9.17) is 11.6 Å². The lowest BCUT2D eigenvalue weighted by Crippen LogP contribution is -2.56. The summed E-state index contributed by atoms with van der Waals surface area (Å²) in [6, 6.07) is 4.65. The van der Waals surface area contributed by atoms with E-state index < -0.39 is 0 Å². The van der Waals surface area contributed by atoms with Crippen LogP contribution in [0, 0.1) is 0 Å². The van der Waals surface area contributed by atoms with E-state index in [2.05, 4.69) is 22.1 Å². The summed E-state index contributed by atoms with van der Waals surface area (Å²) in [6.07, 6.45) is 1.77. The minimum Gasteiger partial charge on any atom is -0.314 e. The van der Waals surface area contributed by atoms with Gasteiger partial charge >= 0.3 is 0 Å². The van der Waals surface area contributed by atoms with Crippen molar-refractivity contribution in [2.75, 3.05) is 19.6 Å². The van der Waals surface area contributed by atoms with Crippen molar-refractivity contribution in [2.45, 2.75) is 19.5 Å². The van der Waals surface area contributed by atoms with Gasteiger partial charge in [0.2, 0.25) is 0 Å². The fourth-order valence-corrected chi connectivity index (χ4v) is 2.00. The Bertz CT molecular complexity index is 325. The van der Waals surface area contributed by atoms with Gasteiger partial charge in [0.1, 0.15) is 5.15 Å². The number of nitrogens with one attached hydrogen (secondary N) is 1. The highest BCUT2D eigenvalue weighted by molar-refractivity contribution is 6.29. The van der Waals surface area contributed by atoms with Crippen molar-refractivity contribution in [3.05, 3.63) is 29.0 Å². The Morgan fingerprint density at radius 3 is 2.93 bits per heavy atom. The highest BCUT2D eigenvalue weighted by atomic mass is 35.5. The van der Waals surface area contributed by atoms with Crippen molar-refractivity contribution in [3.63, 3.8) is 0 Å². The molecule has 1 aromatic rings. The maximum atomic E-state index is 5.86. The number of halogens is 1. The van der Waals surface area contributed by atoms with Crippen LogP contribution in [-0.4, -0.2) is 35.6 Å². The molecule has 2 rings (SSSR count). The summed E-state index contributed by atoms with van der Waals surface area (Å²) in [7, 11) is 0. The molecule has 0 radical (unpaired) electrons. The third kappa shape index (κ3) is 2.68. The van der Waals surface area contributed by atoms with Gasteiger partial charge < -0.3 is 5.32 Å². The Kier molecular flexibility index (Phi) is 3.57. The van der Waals surface area contributed by atoms with E-state index in [0.29, 0.717) is 11.2 Å². The van der Waals surface area contributed by atoms with Crippen molar-refractivity contribution in [2.24, 2.45) is 0 Å². The number of pyridine rings is 1. The topological polar surface area (TPSA) is 28.2 Å². The second-order valence-corrected chi connectivity index (χ2v) is 4.25. The molecule has 0 bridgehead atoms. The van der Waals surface area contributed by atoms with E-state index in [0.717, 1.165) is 26.2 Å². The van der Waals surface area contributed by atoms with Crippen molar-refractivity contribution < 1.29 is 0 Å². The third-order valence-electron chi connectivity index (χ3n) is 2.86. The SMILES string of the molecule is CCN(Cc1ccnc(Cl)c1)C1CNC1. The van der Waals surface area contributed by atoms with Gasteiger partial charge in [0.05, 0.1) is 0 Å². The number of rotatable bonds is 4. The van der Waals surface area contributed by atoms with Crippen LogP contribution in [0.2, 0.25) is 5.15 Å². The molecule has 1 aromatic heterocycles. The average Bonchev–Trinajstić information content (AvgIpc) is 2.14. The smallest absolute Gasteiger partial charge is 0.129 e. The maximum Gasteiger partial charge on any atom is 0.129 e. The lowest BCUT2D eigenvalue weighted by Gasteiger charge is -2.37. The van der Waals surface area contributed by atoms with Crippen molar-refractivity contribution in [3.8, 4) is 0 Å². The fourth-order valence-electron chi connectivity index (χ4n) is 1.81. The first kappa shape index (κ1) is 10.9. The molecule has 82 valence electrons. The van der Waals surface area contributed by atoms with Crippen molar-refractivity contribution >= 4 is 11.6 Å². The standard InChI is InChI=1S/C11H16ClN3/c1-2-15(10-6-13-7-10)8-9-3-4-14-11(12)5-9/h3-5,10,13H,2,6-8H2,1H3. The first-order valence-corrected chi connectivity index (χ1v) is 5.72. The van der Waals surface area contributed by atoms with Crippen LogP contribution in [0.25, 0.3) is 0 Å². The molecule has 2 heterocycles. The largest absolute Gasteiger partial charge is 0.314 e. The molecule has 0 amide bonds. The summed E-state index contributed by atoms with van der Waals surface area (Å²) in [5, 5.41) is 3.87. The van der Waals surface area contributed by atoms with E-state index in [-0.39, 0.29) is 0 Å². The number of hydrogen-bond donors (Lipinski definition) is 1. The molecule has 0 unspecified atom stereocenters. The molecule has 1 fully saturated rings. The quantitative estimate of drug-likeness (QED) is 0.788. The minimum atomic E-state index is 0.579. The number of likely N-dealkylation sites (N-methyl/N-ethyl adjacent to an activating group) is 1. The number of nitrogens with zero attached hydrogens (tertiary/aromatic N) is 2. The van der Waals surface area contributed by atoms with Crippen LogP contribution >= 0.6 is 11.6 Å². The van der Waals surface area contributed by atoms with Gasteiger partial charge in [-0.25, -0.2) is 4.98 Å². The zero-order valence-electron chi connectivity index (χ0n) is 8.91. The molecule has 0 aliphatic carbocycles. The predicted molar refractivity (Wildman–Crippen MR) is 62.0 cm³/mol. The summed E-state index contributed by atoms with van der Waals surface area (Å²) in [5.41, 5.74) is 1.24. The first-order valence-electron chi connectivity index (χ1n) is 5.35. The Labute approximate surface area is 95.4 Å². The Morgan fingerprint density at radius 2 is 2.40 bits per heavy atom. The summed E-state index contributed by atoms with van der Waals surface area (Å²) in [5.74, 6) is 0. The second kappa shape index (κ2) is 4.92. The molecule has 1 saturated heterocycles. The van der Waals surface area contributed by atoms with E-state index in [1.165, 1.54) is 5.56 Å². The fraction of sp³-hybridized carbons (Fsp3) is 0.545. The summed E-state index contributed by atoms with van der Waals surface area (Å²) in [6.45, 7) is 6.44. The lowest BCUT2D eigenvalue weighted by molar-refractivity contribution is 0.145. The summed E-state index contributed by atoms with van der Waals surface area (Å²) < 4.78 is 0. The number of hydrogen-bond acceptors (Lipinski definition) is 3. The molecule has 15 heavy (non-hydrogen) atoms. The molecule has 1 aliphatic rings. The van der Waals surface area contributed by atoms with Gasteiger partial charge in [-0.1, -0.05) is 18.5 Å². The Morgan fingerprint density at radius 1 is 1.60 bits per heavy atom. The maximum absolute atomic E-state index is 5.86. The highest BCUT2D eigenvalue weighted by Crippen LogP contribution is 2.13. The summed E-state index contributed by atoms with van der Waals surface area (Å²) in [4.78, 5) is 6.45. The minimum absolute atomic E-state index is 0.579. The van der Waals surface area contributed by atoms with Gasteiger partial charge in [-0.15, -0.1) is 0 Å². The third-order valence-corrected chi connectivity index (χ3v) is 3.07. The lowest BCUT2D eigenvalue weighted by atomic mass is 10.1. The molecule has 0 atom stereocenters. The van der Waals surface area contributed by atoms with Crippen LogP contribution in [0.1, 0.15) is 12.5 Å². The van der Waals surface area contributed by atoms with Gasteiger partial charge in [-0.3, -0.25) is 4.90 Å². The van der Waals surface area contributed by atoms with Crippen LogP contribution in [0.15, 0.2) is 18.3 Å². The molecule has 0 aromatic carbocycles. The van der Waals surface area contributed by atoms with E-state index in [1.807, 2.05) is 12.1 Å². The Balaban J connectivity index is 1.99. The molecule has 3 nitrogen and oxygen atoms in total. The first-order chi connectivity index (χ1) is 7.29. The normalized spacial score (nSPS) is 16.7. The van der Waals surface area contributed by atoms with Crippen LogP contribution in [0.3, 0.4) is 0 Å². The highest BCUT2D eigenvalue weighted by Gasteiger charge is 2.23. The van der Waals surface area contributed by atoms with Crippen molar-refractivity contribution in [1.29, 1.82) is 0 Å². The molecule has 1 aliphatic heterocycles. The zero-order chi connectivity index (χ0) is 10.7. The Hall–Kier alpha value is -0.640.